The molecule has 0 bridgehead atoms. The molecule has 0 aliphatic rings. The lowest BCUT2D eigenvalue weighted by Crippen LogP contribution is -2.37. The summed E-state index contributed by atoms with van der Waals surface area (Å²) in [4.78, 5) is 23.4. The van der Waals surface area contributed by atoms with E-state index in [1.54, 1.807) is 39.0 Å². The van der Waals surface area contributed by atoms with Gasteiger partial charge in [-0.05, 0) is 37.5 Å². The van der Waals surface area contributed by atoms with E-state index < -0.39 is 11.4 Å². The molecule has 0 saturated heterocycles. The van der Waals surface area contributed by atoms with Crippen LogP contribution in [0.2, 0.25) is 5.02 Å². The summed E-state index contributed by atoms with van der Waals surface area (Å²) in [5, 5.41) is 12.5. The molecule has 0 aliphatic carbocycles. The molecule has 1 atom stereocenters. The van der Waals surface area contributed by atoms with Crippen molar-refractivity contribution >= 4 is 29.2 Å². The highest BCUT2D eigenvalue weighted by atomic mass is 35.5. The van der Waals surface area contributed by atoms with Crippen LogP contribution in [-0.4, -0.2) is 17.0 Å². The third-order valence-corrected chi connectivity index (χ3v) is 4.15. The molecule has 4 nitrogen and oxygen atoms in total. The average Bonchev–Trinajstić information content (AvgIpc) is 2.33. The van der Waals surface area contributed by atoms with Crippen LogP contribution in [0.25, 0.3) is 0 Å². The Hall–Kier alpha value is -1.55. The van der Waals surface area contributed by atoms with Crippen LogP contribution in [0.15, 0.2) is 18.2 Å². The molecule has 1 aromatic carbocycles. The number of rotatable bonds is 5. The standard InChI is InChI=1S/C15H20ClNO3/c1-9(2)15(4,14(19)20)8-13(18)17-11-6-5-10(3)12(16)7-11/h5-7,9H,8H2,1-4H3,(H,17,18)(H,19,20). The van der Waals surface area contributed by atoms with Gasteiger partial charge in [-0.2, -0.15) is 0 Å². The maximum Gasteiger partial charge on any atom is 0.310 e. The van der Waals surface area contributed by atoms with Crippen molar-refractivity contribution in [1.29, 1.82) is 0 Å². The number of carboxylic acid groups (broad SMARTS) is 1. The normalized spacial score (nSPS) is 13.9. The van der Waals surface area contributed by atoms with Gasteiger partial charge in [0.2, 0.25) is 5.91 Å². The molecule has 0 radical (unpaired) electrons. The summed E-state index contributed by atoms with van der Waals surface area (Å²) in [6, 6.07) is 5.20. The van der Waals surface area contributed by atoms with Gasteiger partial charge in [-0.15, -0.1) is 0 Å². The van der Waals surface area contributed by atoms with Gasteiger partial charge in [0, 0.05) is 17.1 Å². The zero-order valence-electron chi connectivity index (χ0n) is 12.2. The first-order valence-electron chi connectivity index (χ1n) is 6.46. The van der Waals surface area contributed by atoms with E-state index in [0.717, 1.165) is 5.56 Å². The molecule has 2 N–H and O–H groups in total. The summed E-state index contributed by atoms with van der Waals surface area (Å²) in [6.45, 7) is 7.05. The predicted octanol–water partition coefficient (Wildman–Crippen LogP) is 3.72. The van der Waals surface area contributed by atoms with Gasteiger partial charge >= 0.3 is 5.97 Å². The number of carboxylic acids is 1. The van der Waals surface area contributed by atoms with E-state index in [9.17, 15) is 14.7 Å². The minimum absolute atomic E-state index is 0.0779. The molecule has 110 valence electrons. The summed E-state index contributed by atoms with van der Waals surface area (Å²) in [7, 11) is 0. The maximum absolute atomic E-state index is 12.0. The van der Waals surface area contributed by atoms with E-state index in [2.05, 4.69) is 5.32 Å². The van der Waals surface area contributed by atoms with Crippen LogP contribution >= 0.6 is 11.6 Å². The van der Waals surface area contributed by atoms with Crippen molar-refractivity contribution in [3.05, 3.63) is 28.8 Å². The zero-order chi connectivity index (χ0) is 15.5. The molecule has 0 fully saturated rings. The van der Waals surface area contributed by atoms with Gasteiger partial charge in [0.15, 0.2) is 0 Å². The van der Waals surface area contributed by atoms with Crippen molar-refractivity contribution in [3.63, 3.8) is 0 Å². The monoisotopic (exact) mass is 297 g/mol. The quantitative estimate of drug-likeness (QED) is 0.870. The van der Waals surface area contributed by atoms with E-state index in [0.29, 0.717) is 10.7 Å². The lowest BCUT2D eigenvalue weighted by atomic mass is 9.76. The minimum atomic E-state index is -1.08. The molecular formula is C15H20ClNO3. The summed E-state index contributed by atoms with van der Waals surface area (Å²) in [5.41, 5.74) is 0.405. The van der Waals surface area contributed by atoms with Crippen LogP contribution in [0.4, 0.5) is 5.69 Å². The summed E-state index contributed by atoms with van der Waals surface area (Å²) < 4.78 is 0. The second-order valence-electron chi connectivity index (χ2n) is 5.57. The second-order valence-corrected chi connectivity index (χ2v) is 5.97. The molecule has 0 aromatic heterocycles. The molecule has 0 saturated carbocycles. The van der Waals surface area contributed by atoms with Gasteiger partial charge in [-0.3, -0.25) is 9.59 Å². The van der Waals surface area contributed by atoms with Crippen LogP contribution in [-0.2, 0) is 9.59 Å². The molecule has 0 spiro atoms. The van der Waals surface area contributed by atoms with Gasteiger partial charge in [-0.25, -0.2) is 0 Å². The highest BCUT2D eigenvalue weighted by Gasteiger charge is 2.38. The molecule has 1 unspecified atom stereocenters. The van der Waals surface area contributed by atoms with Crippen LogP contribution in [0, 0.1) is 18.3 Å². The Morgan fingerprint density at radius 1 is 1.40 bits per heavy atom. The van der Waals surface area contributed by atoms with Crippen molar-refractivity contribution in [2.24, 2.45) is 11.3 Å². The van der Waals surface area contributed by atoms with Gasteiger partial charge in [0.05, 0.1) is 5.41 Å². The molecule has 0 aliphatic heterocycles. The number of amides is 1. The van der Waals surface area contributed by atoms with E-state index >= 15 is 0 Å². The highest BCUT2D eigenvalue weighted by Crippen LogP contribution is 2.32. The number of hydrogen-bond donors (Lipinski definition) is 2. The number of halogens is 1. The van der Waals surface area contributed by atoms with Crippen LogP contribution in [0.1, 0.15) is 32.8 Å². The molecular weight excluding hydrogens is 278 g/mol. The molecule has 1 amide bonds. The first-order valence-corrected chi connectivity index (χ1v) is 6.84. The first kappa shape index (κ1) is 16.5. The fourth-order valence-corrected chi connectivity index (χ4v) is 1.92. The molecule has 1 aromatic rings. The van der Waals surface area contributed by atoms with Crippen LogP contribution in [0.5, 0.6) is 0 Å². The smallest absolute Gasteiger partial charge is 0.310 e. The molecule has 0 heterocycles. The number of carbonyl (C=O) groups excluding carboxylic acids is 1. The number of aryl methyl sites for hydroxylation is 1. The second kappa shape index (κ2) is 6.27. The van der Waals surface area contributed by atoms with Crippen LogP contribution in [0.3, 0.4) is 0 Å². The van der Waals surface area contributed by atoms with Crippen LogP contribution < -0.4 is 5.32 Å². The number of hydrogen-bond acceptors (Lipinski definition) is 2. The van der Waals surface area contributed by atoms with Crippen molar-refractivity contribution in [3.8, 4) is 0 Å². The third kappa shape index (κ3) is 3.73. The Kier molecular flexibility index (Phi) is 5.17. The Morgan fingerprint density at radius 2 is 2.00 bits per heavy atom. The SMILES string of the molecule is Cc1ccc(NC(=O)CC(C)(C(=O)O)C(C)C)cc1Cl. The summed E-state index contributed by atoms with van der Waals surface area (Å²) in [6.07, 6.45) is -0.0779. The Balaban J connectivity index is 2.81. The van der Waals surface area contributed by atoms with Gasteiger partial charge in [-0.1, -0.05) is 31.5 Å². The van der Waals surface area contributed by atoms with E-state index in [1.807, 2.05) is 6.92 Å². The molecule has 5 heteroatoms. The lowest BCUT2D eigenvalue weighted by Gasteiger charge is -2.28. The van der Waals surface area contributed by atoms with E-state index in [4.69, 9.17) is 11.6 Å². The van der Waals surface area contributed by atoms with Crippen molar-refractivity contribution < 1.29 is 14.7 Å². The van der Waals surface area contributed by atoms with Crippen molar-refractivity contribution in [2.45, 2.75) is 34.1 Å². The van der Waals surface area contributed by atoms with Crippen molar-refractivity contribution in [2.75, 3.05) is 5.32 Å². The van der Waals surface area contributed by atoms with Crippen molar-refractivity contribution in [1.82, 2.24) is 0 Å². The average molecular weight is 298 g/mol. The van der Waals surface area contributed by atoms with Gasteiger partial charge in [0.1, 0.15) is 0 Å². The van der Waals surface area contributed by atoms with E-state index in [1.165, 1.54) is 0 Å². The number of aliphatic carboxylic acids is 1. The minimum Gasteiger partial charge on any atom is -0.481 e. The van der Waals surface area contributed by atoms with E-state index in [-0.39, 0.29) is 18.2 Å². The van der Waals surface area contributed by atoms with Gasteiger partial charge < -0.3 is 10.4 Å². The summed E-state index contributed by atoms with van der Waals surface area (Å²) in [5.74, 6) is -1.44. The predicted molar refractivity (Wildman–Crippen MR) is 80.0 cm³/mol. The fourth-order valence-electron chi connectivity index (χ4n) is 1.74. The molecule has 1 rings (SSSR count). The third-order valence-electron chi connectivity index (χ3n) is 3.75. The zero-order valence-corrected chi connectivity index (χ0v) is 12.9. The topological polar surface area (TPSA) is 66.4 Å². The maximum atomic E-state index is 12.0. The summed E-state index contributed by atoms with van der Waals surface area (Å²) >= 11 is 5.99. The number of benzene rings is 1. The van der Waals surface area contributed by atoms with Gasteiger partial charge in [0.25, 0.3) is 0 Å². The lowest BCUT2D eigenvalue weighted by molar-refractivity contribution is -0.153. The number of anilines is 1. The highest BCUT2D eigenvalue weighted by molar-refractivity contribution is 6.31. The fraction of sp³-hybridized carbons (Fsp3) is 0.467. The Morgan fingerprint density at radius 3 is 2.45 bits per heavy atom. The molecule has 20 heavy (non-hydrogen) atoms. The largest absolute Gasteiger partial charge is 0.481 e. The number of carbonyl (C=O) groups is 2. The first-order chi connectivity index (χ1) is 9.16. The Labute approximate surface area is 124 Å². The number of nitrogens with one attached hydrogen (secondary N) is 1. The Bertz CT molecular complexity index is 528.